The van der Waals surface area contributed by atoms with Crippen LogP contribution in [-0.2, 0) is 0 Å². The predicted octanol–water partition coefficient (Wildman–Crippen LogP) is 18.3. The Morgan fingerprint density at radius 1 is 0.0797 bits per heavy atom. The van der Waals surface area contributed by atoms with E-state index in [1.165, 1.54) is 0 Å². The van der Waals surface area contributed by atoms with E-state index >= 15 is 105 Å². The van der Waals surface area contributed by atoms with Crippen LogP contribution < -0.4 is 65.6 Å². The molecular formula is C74H6AlB3F60-2. The van der Waals surface area contributed by atoms with Crippen LogP contribution in [0.1, 0.15) is 0 Å². The molecule has 12 rings (SSSR count). The number of rotatable bonds is 12. The zero-order valence-electron chi connectivity index (χ0n) is 63.0. The molecule has 736 valence electrons. The van der Waals surface area contributed by atoms with Gasteiger partial charge in [0.2, 0.25) is 0 Å². The molecule has 0 aliphatic carbocycles. The molecule has 0 heterocycles. The molecule has 0 saturated heterocycles. The Morgan fingerprint density at radius 2 is 0.109 bits per heavy atom. The molecule has 0 aliphatic heterocycles. The second-order valence-electron chi connectivity index (χ2n) is 27.0. The van der Waals surface area contributed by atoms with Crippen LogP contribution in [0, 0.1) is 349 Å². The summed E-state index contributed by atoms with van der Waals surface area (Å²) in [5, 5.41) is 0. The second-order valence-corrected chi connectivity index (χ2v) is 28.1. The maximum absolute atomic E-state index is 15.4. The zero-order valence-corrected chi connectivity index (χ0v) is 64.1. The standard InChI is InChI=1S/3C24BF20.2CH3.Al/c3*26-5-1(6(27)14(35)21(42)13(5)34)25(2-7(28)15(36)22(43)16(37)8(2)29,3-9(30)17(38)23(44)18(39)10(3)31)4-11(32)19(40)24(45)20(41)12(4)33;;;/h;;;2*1H3;/q3*-1;;;+1. The fraction of sp³-hybridized carbons (Fsp3) is 0.0270. The topological polar surface area (TPSA) is 0 Å². The summed E-state index contributed by atoms with van der Waals surface area (Å²) in [6, 6.07) is 0. The average molecular weight is 2090 g/mol. The van der Waals surface area contributed by atoms with Crippen LogP contribution in [0.15, 0.2) is 0 Å². The molecule has 0 unspecified atom stereocenters. The first-order valence-corrected chi connectivity index (χ1v) is 36.3. The van der Waals surface area contributed by atoms with E-state index in [0.717, 1.165) is 15.2 Å². The predicted molar refractivity (Wildman–Crippen MR) is 345 cm³/mol. The molecule has 0 fully saturated rings. The fourth-order valence-corrected chi connectivity index (χ4v) is 14.6. The summed E-state index contributed by atoms with van der Waals surface area (Å²) in [6.45, 7) is 0. The van der Waals surface area contributed by atoms with Crippen molar-refractivity contribution in [3.05, 3.63) is 349 Å². The summed E-state index contributed by atoms with van der Waals surface area (Å²) in [7, 11) is 0. The molecule has 12 aromatic rings. The van der Waals surface area contributed by atoms with Gasteiger partial charge in [-0.25, -0.2) is 263 Å². The minimum absolute atomic E-state index is 0.750. The van der Waals surface area contributed by atoms with Crippen molar-refractivity contribution in [2.24, 2.45) is 0 Å². The molecule has 0 radical (unpaired) electrons. The molecule has 0 N–H and O–H groups in total. The Labute approximate surface area is 721 Å². The van der Waals surface area contributed by atoms with Crippen molar-refractivity contribution < 1.29 is 263 Å². The Bertz CT molecular complexity index is 5410. The molecule has 64 heteroatoms. The monoisotopic (exact) mass is 2090 g/mol. The van der Waals surface area contributed by atoms with Gasteiger partial charge in [0.05, 0.1) is 0 Å². The third-order valence-electron chi connectivity index (χ3n) is 20.1. The average Bonchev–Trinajstić information content (AvgIpc) is 0.687. The summed E-state index contributed by atoms with van der Waals surface area (Å²) in [5.41, 5.74) is -43.0. The third-order valence-corrected chi connectivity index (χ3v) is 20.1. The summed E-state index contributed by atoms with van der Waals surface area (Å²) < 4.78 is 882. The molecular weight excluding hydrogens is 2090 g/mol. The van der Waals surface area contributed by atoms with E-state index in [2.05, 4.69) is 11.6 Å². The van der Waals surface area contributed by atoms with E-state index in [1.807, 2.05) is 0 Å². The fourth-order valence-electron chi connectivity index (χ4n) is 14.6. The van der Waals surface area contributed by atoms with E-state index in [0.29, 0.717) is 0 Å². The quantitative estimate of drug-likeness (QED) is 0.0495. The van der Waals surface area contributed by atoms with E-state index in [-0.39, 0.29) is 0 Å². The van der Waals surface area contributed by atoms with E-state index in [4.69, 9.17) is 0 Å². The Morgan fingerprint density at radius 3 is 0.145 bits per heavy atom. The number of hydrogen-bond acceptors (Lipinski definition) is 0. The van der Waals surface area contributed by atoms with E-state index in [9.17, 15) is 158 Å². The van der Waals surface area contributed by atoms with Crippen LogP contribution in [0.5, 0.6) is 0 Å². The molecule has 138 heavy (non-hydrogen) atoms. The van der Waals surface area contributed by atoms with Gasteiger partial charge in [0, 0.05) is 0 Å². The normalized spacial score (nSPS) is 11.8. The Kier molecular flexibility index (Phi) is 30.1. The van der Waals surface area contributed by atoms with Crippen molar-refractivity contribution in [1.29, 1.82) is 0 Å². The first kappa shape index (κ1) is 109. The molecule has 0 aliphatic rings. The third kappa shape index (κ3) is 15.3. The van der Waals surface area contributed by atoms with Crippen LogP contribution in [0.4, 0.5) is 263 Å². The molecule has 0 nitrogen and oxygen atoms in total. The molecule has 0 atom stereocenters. The van der Waals surface area contributed by atoms with Gasteiger partial charge in [0.15, 0.2) is 209 Å². The van der Waals surface area contributed by atoms with Crippen molar-refractivity contribution in [3.8, 4) is 0 Å². The Hall–Kier alpha value is -12.8. The van der Waals surface area contributed by atoms with Crippen LogP contribution in [0.3, 0.4) is 0 Å². The number of benzene rings is 12. The number of halogens is 60. The van der Waals surface area contributed by atoms with Gasteiger partial charge in [-0.15, -0.1) is 65.6 Å². The van der Waals surface area contributed by atoms with Gasteiger partial charge in [0.25, 0.3) is 0 Å². The Balaban J connectivity index is 0.000000228. The first-order valence-electron chi connectivity index (χ1n) is 34.0. The van der Waals surface area contributed by atoms with E-state index < -0.39 is 433 Å². The van der Waals surface area contributed by atoms with Gasteiger partial charge in [-0.05, 0) is 0 Å². The molecule has 0 aromatic heterocycles. The second kappa shape index (κ2) is 38.2. The minimum atomic E-state index is -7.22. The van der Waals surface area contributed by atoms with Crippen LogP contribution in [0.2, 0.25) is 11.6 Å². The molecule has 12 aromatic carbocycles. The van der Waals surface area contributed by atoms with Gasteiger partial charge in [-0.2, -0.15) is 0 Å². The van der Waals surface area contributed by atoms with Gasteiger partial charge in [-0.1, -0.05) is 0 Å². The maximum atomic E-state index is 15.4. The molecule has 0 spiro atoms. The van der Waals surface area contributed by atoms with Crippen LogP contribution in [0.25, 0.3) is 0 Å². The molecule has 0 saturated carbocycles. The summed E-state index contributed by atoms with van der Waals surface area (Å²) in [4.78, 5) is 0. The van der Waals surface area contributed by atoms with Gasteiger partial charge in [0.1, 0.15) is 158 Å². The van der Waals surface area contributed by atoms with Gasteiger partial charge in [-0.3, -0.25) is 0 Å². The van der Waals surface area contributed by atoms with Crippen molar-refractivity contribution in [2.45, 2.75) is 11.6 Å². The van der Waals surface area contributed by atoms with Crippen molar-refractivity contribution in [1.82, 2.24) is 0 Å². The molecule has 0 bridgehead atoms. The van der Waals surface area contributed by atoms with Gasteiger partial charge >= 0.3 is 26.8 Å². The summed E-state index contributed by atoms with van der Waals surface area (Å²) in [6.07, 6.45) is -21.7. The van der Waals surface area contributed by atoms with Gasteiger partial charge < -0.3 is 0 Å². The summed E-state index contributed by atoms with van der Waals surface area (Å²) in [5.74, 6) is -210. The molecule has 0 amide bonds. The number of hydrogen-bond donors (Lipinski definition) is 0. The van der Waals surface area contributed by atoms with Crippen molar-refractivity contribution in [3.63, 3.8) is 0 Å². The first-order chi connectivity index (χ1) is 63.5. The van der Waals surface area contributed by atoms with Crippen molar-refractivity contribution >= 4 is 99.2 Å². The van der Waals surface area contributed by atoms with Crippen LogP contribution in [-0.4, -0.2) is 33.7 Å². The zero-order chi connectivity index (χ0) is 106. The SMILES string of the molecule is Fc1c(F)c(F)c([B-](c2c(F)c(F)c(F)c(F)c2F)(c2c(F)c(F)c(F)c(F)c2F)c2c(F)c(F)c(F)c(F)c2F)c(F)c1F.Fc1c(F)c(F)c([B-](c2c(F)c(F)c(F)c(F)c2F)(c2c(F)c(F)c(F)c(F)c2F)c2c(F)c(F)c(F)c(F)c2F)c(F)c1F.Fc1c(F)c(F)c([B-](c2c(F)c(F)c(F)c(F)c2F)(c2c(F)c(F)c(F)c(F)c2F)c2c(F)c(F)c(F)c(F)c2F)c(F)c1F.[CH3][Al+][CH3]. The van der Waals surface area contributed by atoms with E-state index in [1.54, 1.807) is 0 Å². The summed E-state index contributed by atoms with van der Waals surface area (Å²) >= 11 is 0.750. The van der Waals surface area contributed by atoms with Crippen LogP contribution >= 0.6 is 0 Å². The van der Waals surface area contributed by atoms with Crippen molar-refractivity contribution in [2.75, 3.05) is 0 Å².